The van der Waals surface area contributed by atoms with Crippen LogP contribution in [0.3, 0.4) is 0 Å². The van der Waals surface area contributed by atoms with Crippen LogP contribution in [-0.2, 0) is 30.4 Å². The van der Waals surface area contributed by atoms with Crippen LogP contribution in [0.1, 0.15) is 25.8 Å². The van der Waals surface area contributed by atoms with E-state index in [0.29, 0.717) is 5.56 Å². The lowest BCUT2D eigenvalue weighted by molar-refractivity contribution is -0.141. The van der Waals surface area contributed by atoms with Crippen molar-refractivity contribution in [2.24, 2.45) is 11.7 Å². The van der Waals surface area contributed by atoms with Gasteiger partial charge in [0, 0.05) is 6.42 Å². The fourth-order valence-corrected chi connectivity index (χ4v) is 2.59. The molecule has 0 aliphatic carbocycles. The lowest BCUT2D eigenvalue weighted by Crippen LogP contribution is -2.57. The molecule has 0 bridgehead atoms. The Morgan fingerprint density at radius 1 is 0.875 bits per heavy atom. The van der Waals surface area contributed by atoms with Gasteiger partial charge in [0.15, 0.2) is 0 Å². The Bertz CT molecular complexity index is 841. The van der Waals surface area contributed by atoms with Crippen molar-refractivity contribution in [1.82, 2.24) is 16.0 Å². The molecule has 1 rings (SSSR count). The van der Waals surface area contributed by atoms with Crippen molar-refractivity contribution in [2.75, 3.05) is 6.54 Å². The van der Waals surface area contributed by atoms with Crippen LogP contribution >= 0.6 is 0 Å². The molecule has 0 saturated carbocycles. The number of aliphatic carboxylic acids is 2. The van der Waals surface area contributed by atoms with E-state index in [0.717, 1.165) is 0 Å². The summed E-state index contributed by atoms with van der Waals surface area (Å²) in [6.45, 7) is 2.67. The maximum atomic E-state index is 12.9. The first-order chi connectivity index (χ1) is 14.9. The molecule has 32 heavy (non-hydrogen) atoms. The second-order valence-corrected chi connectivity index (χ2v) is 7.47. The molecule has 1 aromatic rings. The predicted molar refractivity (Wildman–Crippen MR) is 111 cm³/mol. The SMILES string of the molecule is CC(C)C(N)C(=O)NC(Cc1ccc(O)cc1)C(=O)NC(CC(=O)O)C(=O)NCC(=O)O. The number of phenols is 1. The second kappa shape index (κ2) is 12.2. The van der Waals surface area contributed by atoms with Crippen LogP contribution in [0.2, 0.25) is 0 Å². The second-order valence-electron chi connectivity index (χ2n) is 7.47. The smallest absolute Gasteiger partial charge is 0.322 e. The van der Waals surface area contributed by atoms with E-state index >= 15 is 0 Å². The Balaban J connectivity index is 3.06. The standard InChI is InChI=1S/C20H28N4O8/c1-10(2)17(21)20(32)24-13(7-11-3-5-12(25)6-4-11)19(31)23-14(8-15(26)27)18(30)22-9-16(28)29/h3-6,10,13-14,17,25H,7-9,21H2,1-2H3,(H,22,30)(H,23,31)(H,24,32)(H,26,27)(H,28,29). The Hall–Kier alpha value is -3.67. The molecule has 3 amide bonds. The topological polar surface area (TPSA) is 208 Å². The zero-order chi connectivity index (χ0) is 24.4. The average Bonchev–Trinajstić information content (AvgIpc) is 2.71. The molecule has 12 heteroatoms. The zero-order valence-corrected chi connectivity index (χ0v) is 17.7. The first-order valence-electron chi connectivity index (χ1n) is 9.76. The third kappa shape index (κ3) is 9.00. The summed E-state index contributed by atoms with van der Waals surface area (Å²) in [5, 5.41) is 33.9. The van der Waals surface area contributed by atoms with Gasteiger partial charge in [0.05, 0.1) is 12.5 Å². The Morgan fingerprint density at radius 3 is 1.94 bits per heavy atom. The third-order valence-corrected chi connectivity index (χ3v) is 4.46. The van der Waals surface area contributed by atoms with Crippen LogP contribution < -0.4 is 21.7 Å². The minimum absolute atomic E-state index is 0.00255. The van der Waals surface area contributed by atoms with E-state index in [4.69, 9.17) is 15.9 Å². The summed E-state index contributed by atoms with van der Waals surface area (Å²) in [6, 6.07) is 2.12. The van der Waals surface area contributed by atoms with Crippen LogP contribution in [0, 0.1) is 5.92 Å². The number of benzene rings is 1. The van der Waals surface area contributed by atoms with Gasteiger partial charge < -0.3 is 37.0 Å². The molecule has 0 heterocycles. The number of carboxylic acids is 2. The van der Waals surface area contributed by atoms with Crippen molar-refractivity contribution in [3.63, 3.8) is 0 Å². The molecule has 0 aliphatic heterocycles. The van der Waals surface area contributed by atoms with Gasteiger partial charge in [0.25, 0.3) is 0 Å². The van der Waals surface area contributed by atoms with Crippen molar-refractivity contribution >= 4 is 29.7 Å². The van der Waals surface area contributed by atoms with E-state index in [1.807, 2.05) is 5.32 Å². The summed E-state index contributed by atoms with van der Waals surface area (Å²) >= 11 is 0. The Labute approximate surface area is 184 Å². The van der Waals surface area contributed by atoms with E-state index in [2.05, 4.69) is 10.6 Å². The summed E-state index contributed by atoms with van der Waals surface area (Å²) in [5.74, 6) is -5.47. The van der Waals surface area contributed by atoms with Crippen LogP contribution in [0.15, 0.2) is 24.3 Å². The van der Waals surface area contributed by atoms with E-state index in [1.54, 1.807) is 13.8 Å². The quantitative estimate of drug-likeness (QED) is 0.198. The molecule has 12 nitrogen and oxygen atoms in total. The molecular weight excluding hydrogens is 424 g/mol. The van der Waals surface area contributed by atoms with E-state index < -0.39 is 60.8 Å². The summed E-state index contributed by atoms with van der Waals surface area (Å²) in [5.41, 5.74) is 6.39. The summed E-state index contributed by atoms with van der Waals surface area (Å²) in [6.07, 6.45) is -0.845. The summed E-state index contributed by atoms with van der Waals surface area (Å²) in [7, 11) is 0. The number of carbonyl (C=O) groups excluding carboxylic acids is 3. The average molecular weight is 452 g/mol. The molecule has 0 spiro atoms. The molecule has 0 aliphatic rings. The number of phenolic OH excluding ortho intramolecular Hbond substituents is 1. The lowest BCUT2D eigenvalue weighted by atomic mass is 10.0. The van der Waals surface area contributed by atoms with Crippen molar-refractivity contribution in [3.8, 4) is 5.75 Å². The van der Waals surface area contributed by atoms with Gasteiger partial charge in [-0.1, -0.05) is 26.0 Å². The Kier molecular flexibility index (Phi) is 10.1. The van der Waals surface area contributed by atoms with E-state index in [1.165, 1.54) is 24.3 Å². The van der Waals surface area contributed by atoms with Gasteiger partial charge in [0.1, 0.15) is 24.4 Å². The van der Waals surface area contributed by atoms with Crippen LogP contribution in [0.25, 0.3) is 0 Å². The zero-order valence-electron chi connectivity index (χ0n) is 17.7. The van der Waals surface area contributed by atoms with Gasteiger partial charge in [-0.05, 0) is 23.6 Å². The molecule has 8 N–H and O–H groups in total. The lowest BCUT2D eigenvalue weighted by Gasteiger charge is -2.24. The number of nitrogens with one attached hydrogen (secondary N) is 3. The Morgan fingerprint density at radius 2 is 1.44 bits per heavy atom. The van der Waals surface area contributed by atoms with Crippen molar-refractivity contribution in [3.05, 3.63) is 29.8 Å². The fraction of sp³-hybridized carbons (Fsp3) is 0.450. The maximum absolute atomic E-state index is 12.9. The van der Waals surface area contributed by atoms with Crippen molar-refractivity contribution < 1.29 is 39.3 Å². The van der Waals surface area contributed by atoms with E-state index in [-0.39, 0.29) is 18.1 Å². The van der Waals surface area contributed by atoms with Gasteiger partial charge in [-0.3, -0.25) is 24.0 Å². The molecule has 1 aromatic carbocycles. The van der Waals surface area contributed by atoms with Crippen LogP contribution in [0.5, 0.6) is 5.75 Å². The fourth-order valence-electron chi connectivity index (χ4n) is 2.59. The molecule has 3 atom stereocenters. The molecule has 0 saturated heterocycles. The summed E-state index contributed by atoms with van der Waals surface area (Å²) < 4.78 is 0. The highest BCUT2D eigenvalue weighted by molar-refractivity contribution is 5.95. The highest BCUT2D eigenvalue weighted by atomic mass is 16.4. The number of hydrogen-bond acceptors (Lipinski definition) is 7. The monoisotopic (exact) mass is 452 g/mol. The number of carbonyl (C=O) groups is 5. The molecule has 176 valence electrons. The molecule has 0 radical (unpaired) electrons. The van der Waals surface area contributed by atoms with Gasteiger partial charge >= 0.3 is 11.9 Å². The van der Waals surface area contributed by atoms with Crippen LogP contribution in [0.4, 0.5) is 0 Å². The number of hydrogen-bond donors (Lipinski definition) is 7. The minimum atomic E-state index is -1.57. The molecular formula is C20H28N4O8. The minimum Gasteiger partial charge on any atom is -0.508 e. The number of amides is 3. The molecule has 3 unspecified atom stereocenters. The highest BCUT2D eigenvalue weighted by Crippen LogP contribution is 2.12. The maximum Gasteiger partial charge on any atom is 0.322 e. The largest absolute Gasteiger partial charge is 0.508 e. The van der Waals surface area contributed by atoms with Crippen LogP contribution in [-0.4, -0.2) is 69.7 Å². The first kappa shape index (κ1) is 26.4. The van der Waals surface area contributed by atoms with Gasteiger partial charge in [-0.2, -0.15) is 0 Å². The van der Waals surface area contributed by atoms with Gasteiger partial charge in [-0.25, -0.2) is 0 Å². The number of rotatable bonds is 12. The molecule has 0 fully saturated rings. The number of aromatic hydroxyl groups is 1. The van der Waals surface area contributed by atoms with Gasteiger partial charge in [-0.15, -0.1) is 0 Å². The number of carboxylic acid groups (broad SMARTS) is 2. The highest BCUT2D eigenvalue weighted by Gasteiger charge is 2.30. The first-order valence-corrected chi connectivity index (χ1v) is 9.76. The molecule has 0 aromatic heterocycles. The normalized spacial score (nSPS) is 13.5. The summed E-state index contributed by atoms with van der Waals surface area (Å²) in [4.78, 5) is 59.2. The van der Waals surface area contributed by atoms with Gasteiger partial charge in [0.2, 0.25) is 17.7 Å². The third-order valence-electron chi connectivity index (χ3n) is 4.46. The van der Waals surface area contributed by atoms with Crippen molar-refractivity contribution in [1.29, 1.82) is 0 Å². The van der Waals surface area contributed by atoms with E-state index in [9.17, 15) is 29.1 Å². The number of nitrogens with two attached hydrogens (primary N) is 1. The predicted octanol–water partition coefficient (Wildman–Crippen LogP) is -1.44. The van der Waals surface area contributed by atoms with Crippen molar-refractivity contribution in [2.45, 2.75) is 44.8 Å².